The molecule has 0 spiro atoms. The van der Waals surface area contributed by atoms with Gasteiger partial charge in [0.15, 0.2) is 0 Å². The molecule has 0 atom stereocenters. The van der Waals surface area contributed by atoms with Crippen LogP contribution in [0.3, 0.4) is 0 Å². The summed E-state index contributed by atoms with van der Waals surface area (Å²) in [6.07, 6.45) is 0.516. The van der Waals surface area contributed by atoms with Crippen LogP contribution in [0.4, 0.5) is 0 Å². The minimum atomic E-state index is -0.802. The molecule has 0 bridgehead atoms. The van der Waals surface area contributed by atoms with Gasteiger partial charge < -0.3 is 5.11 Å². The average Bonchev–Trinajstić information content (AvgIpc) is 2.12. The minimum absolute atomic E-state index is 0.110. The Morgan fingerprint density at radius 2 is 2.29 bits per heavy atom. The number of hydrogen-bond donors (Lipinski definition) is 1. The van der Waals surface area contributed by atoms with E-state index in [1.807, 2.05) is 31.2 Å². The Bertz CT molecular complexity index is 383. The lowest BCUT2D eigenvalue weighted by Gasteiger charge is -1.91. The third kappa shape index (κ3) is 3.77. The number of carbonyl (C=O) groups is 1. The Balaban J connectivity index is 2.55. The second-order valence-electron chi connectivity index (χ2n) is 3.06. The van der Waals surface area contributed by atoms with Crippen molar-refractivity contribution in [3.05, 3.63) is 35.4 Å². The van der Waals surface area contributed by atoms with Gasteiger partial charge in [-0.1, -0.05) is 24.0 Å². The first-order chi connectivity index (χ1) is 6.68. The molecule has 72 valence electrons. The molecule has 0 saturated heterocycles. The van der Waals surface area contributed by atoms with Crippen molar-refractivity contribution in [2.24, 2.45) is 0 Å². The van der Waals surface area contributed by atoms with Gasteiger partial charge in [-0.3, -0.25) is 4.79 Å². The summed E-state index contributed by atoms with van der Waals surface area (Å²) in [5.41, 5.74) is 2.10. The van der Waals surface area contributed by atoms with Crippen molar-refractivity contribution in [3.8, 4) is 11.8 Å². The first kappa shape index (κ1) is 10.3. The summed E-state index contributed by atoms with van der Waals surface area (Å²) in [4.78, 5) is 10.2. The van der Waals surface area contributed by atoms with Crippen LogP contribution in [0, 0.1) is 18.8 Å². The fourth-order valence-corrected chi connectivity index (χ4v) is 1.06. The third-order valence-corrected chi connectivity index (χ3v) is 1.71. The van der Waals surface area contributed by atoms with Crippen molar-refractivity contribution in [2.75, 3.05) is 0 Å². The van der Waals surface area contributed by atoms with E-state index in [-0.39, 0.29) is 6.42 Å². The van der Waals surface area contributed by atoms with E-state index in [0.29, 0.717) is 6.42 Å². The zero-order valence-electron chi connectivity index (χ0n) is 8.08. The summed E-state index contributed by atoms with van der Waals surface area (Å²) in [5.74, 6) is 4.95. The van der Waals surface area contributed by atoms with Crippen LogP contribution in [0.15, 0.2) is 24.3 Å². The van der Waals surface area contributed by atoms with Gasteiger partial charge in [-0.2, -0.15) is 0 Å². The number of aryl methyl sites for hydroxylation is 1. The molecule has 1 N–H and O–H groups in total. The van der Waals surface area contributed by atoms with Crippen molar-refractivity contribution >= 4 is 5.97 Å². The van der Waals surface area contributed by atoms with Crippen LogP contribution < -0.4 is 0 Å². The van der Waals surface area contributed by atoms with Gasteiger partial charge in [-0.25, -0.2) is 0 Å². The monoisotopic (exact) mass is 188 g/mol. The molecule has 2 heteroatoms. The molecule has 0 amide bonds. The van der Waals surface area contributed by atoms with Crippen LogP contribution in [0.5, 0.6) is 0 Å². The highest BCUT2D eigenvalue weighted by atomic mass is 16.4. The molecular weight excluding hydrogens is 176 g/mol. The number of rotatable bonds is 2. The van der Waals surface area contributed by atoms with Crippen LogP contribution in [-0.4, -0.2) is 11.1 Å². The fraction of sp³-hybridized carbons (Fsp3) is 0.250. The fourth-order valence-electron chi connectivity index (χ4n) is 1.06. The smallest absolute Gasteiger partial charge is 0.304 e. The highest BCUT2D eigenvalue weighted by Gasteiger charge is 1.91. The SMILES string of the molecule is Cc1cccc(C#CCCC(=O)O)c1. The van der Waals surface area contributed by atoms with Crippen LogP contribution in [0.25, 0.3) is 0 Å². The summed E-state index contributed by atoms with van der Waals surface area (Å²) < 4.78 is 0. The van der Waals surface area contributed by atoms with Gasteiger partial charge in [-0.05, 0) is 24.6 Å². The molecule has 0 saturated carbocycles. The highest BCUT2D eigenvalue weighted by molar-refractivity contribution is 5.67. The van der Waals surface area contributed by atoms with E-state index >= 15 is 0 Å². The van der Waals surface area contributed by atoms with Crippen molar-refractivity contribution < 1.29 is 9.90 Å². The van der Waals surface area contributed by atoms with E-state index < -0.39 is 5.97 Å². The molecule has 0 aliphatic heterocycles. The van der Waals surface area contributed by atoms with Gasteiger partial charge in [0.1, 0.15) is 0 Å². The number of aliphatic carboxylic acids is 1. The van der Waals surface area contributed by atoms with Gasteiger partial charge in [-0.15, -0.1) is 0 Å². The molecule has 1 rings (SSSR count). The molecule has 0 radical (unpaired) electrons. The van der Waals surface area contributed by atoms with E-state index in [1.54, 1.807) is 0 Å². The lowest BCUT2D eigenvalue weighted by molar-refractivity contribution is -0.136. The molecule has 0 unspecified atom stereocenters. The summed E-state index contributed by atoms with van der Waals surface area (Å²) in [6, 6.07) is 7.84. The van der Waals surface area contributed by atoms with Crippen molar-refractivity contribution in [1.29, 1.82) is 0 Å². The first-order valence-corrected chi connectivity index (χ1v) is 4.46. The minimum Gasteiger partial charge on any atom is -0.481 e. The van der Waals surface area contributed by atoms with Gasteiger partial charge in [0, 0.05) is 12.0 Å². The van der Waals surface area contributed by atoms with Crippen LogP contribution in [-0.2, 0) is 4.79 Å². The van der Waals surface area contributed by atoms with E-state index in [1.165, 1.54) is 0 Å². The third-order valence-electron chi connectivity index (χ3n) is 1.71. The molecule has 0 heterocycles. The molecule has 1 aromatic rings. The summed E-state index contributed by atoms with van der Waals surface area (Å²) in [6.45, 7) is 2.00. The molecule has 14 heavy (non-hydrogen) atoms. The maximum Gasteiger partial charge on any atom is 0.304 e. The zero-order chi connectivity index (χ0) is 10.4. The van der Waals surface area contributed by atoms with Gasteiger partial charge in [0.05, 0.1) is 6.42 Å². The maximum atomic E-state index is 10.2. The van der Waals surface area contributed by atoms with Crippen molar-refractivity contribution in [1.82, 2.24) is 0 Å². The molecule has 2 nitrogen and oxygen atoms in total. The predicted octanol–water partition coefficient (Wildman–Crippen LogP) is 2.21. The lowest BCUT2D eigenvalue weighted by atomic mass is 10.1. The van der Waals surface area contributed by atoms with Crippen LogP contribution in [0.2, 0.25) is 0 Å². The normalized spacial score (nSPS) is 8.93. The predicted molar refractivity (Wildman–Crippen MR) is 54.9 cm³/mol. The molecular formula is C12H12O2. The van der Waals surface area contributed by atoms with Crippen LogP contribution in [0.1, 0.15) is 24.0 Å². The summed E-state index contributed by atoms with van der Waals surface area (Å²) in [7, 11) is 0. The Morgan fingerprint density at radius 1 is 1.50 bits per heavy atom. The number of benzene rings is 1. The topological polar surface area (TPSA) is 37.3 Å². The van der Waals surface area contributed by atoms with E-state index in [4.69, 9.17) is 5.11 Å². The Morgan fingerprint density at radius 3 is 2.93 bits per heavy atom. The van der Waals surface area contributed by atoms with Crippen molar-refractivity contribution in [3.63, 3.8) is 0 Å². The van der Waals surface area contributed by atoms with E-state index in [2.05, 4.69) is 11.8 Å². The molecule has 0 aromatic heterocycles. The van der Waals surface area contributed by atoms with Gasteiger partial charge in [0.2, 0.25) is 0 Å². The van der Waals surface area contributed by atoms with Crippen molar-refractivity contribution in [2.45, 2.75) is 19.8 Å². The number of hydrogen-bond acceptors (Lipinski definition) is 1. The lowest BCUT2D eigenvalue weighted by Crippen LogP contribution is -1.91. The summed E-state index contributed by atoms with van der Waals surface area (Å²) >= 11 is 0. The number of carboxylic acid groups (broad SMARTS) is 1. The average molecular weight is 188 g/mol. The second-order valence-corrected chi connectivity index (χ2v) is 3.06. The highest BCUT2D eigenvalue weighted by Crippen LogP contribution is 2.01. The Kier molecular flexibility index (Phi) is 3.75. The standard InChI is InChI=1S/C12H12O2/c1-10-5-4-7-11(9-10)6-2-3-8-12(13)14/h4-5,7,9H,3,8H2,1H3,(H,13,14). The zero-order valence-corrected chi connectivity index (χ0v) is 8.08. The largest absolute Gasteiger partial charge is 0.481 e. The summed E-state index contributed by atoms with van der Waals surface area (Å²) in [5, 5.41) is 8.39. The maximum absolute atomic E-state index is 10.2. The molecule has 1 aromatic carbocycles. The van der Waals surface area contributed by atoms with Gasteiger partial charge in [0.25, 0.3) is 0 Å². The number of carboxylic acids is 1. The Hall–Kier alpha value is -1.75. The molecule has 0 fully saturated rings. The van der Waals surface area contributed by atoms with E-state index in [9.17, 15) is 4.79 Å². The van der Waals surface area contributed by atoms with E-state index in [0.717, 1.165) is 11.1 Å². The molecule has 0 aliphatic rings. The first-order valence-electron chi connectivity index (χ1n) is 4.46. The van der Waals surface area contributed by atoms with Crippen LogP contribution >= 0.6 is 0 Å². The Labute approximate surface area is 83.6 Å². The quantitative estimate of drug-likeness (QED) is 0.722. The second kappa shape index (κ2) is 5.08. The van der Waals surface area contributed by atoms with Gasteiger partial charge >= 0.3 is 5.97 Å². The molecule has 0 aliphatic carbocycles.